The highest BCUT2D eigenvalue weighted by molar-refractivity contribution is 6.39. The summed E-state index contributed by atoms with van der Waals surface area (Å²) in [6, 6.07) is 10.8. The fourth-order valence-corrected chi connectivity index (χ4v) is 3.27. The Morgan fingerprint density at radius 2 is 1.79 bits per heavy atom. The van der Waals surface area contributed by atoms with Crippen LogP contribution < -0.4 is 10.2 Å². The molecule has 2 aromatic carbocycles. The molecule has 0 saturated heterocycles. The van der Waals surface area contributed by atoms with Crippen LogP contribution in [0, 0.1) is 0 Å². The lowest BCUT2D eigenvalue weighted by atomic mass is 10.1. The molecule has 148 valence electrons. The summed E-state index contributed by atoms with van der Waals surface area (Å²) in [5, 5.41) is 3.02. The van der Waals surface area contributed by atoms with Crippen LogP contribution in [0.1, 0.15) is 50.8 Å². The van der Waals surface area contributed by atoms with Gasteiger partial charge in [0.25, 0.3) is 17.7 Å². The van der Waals surface area contributed by atoms with Crippen molar-refractivity contribution in [1.29, 1.82) is 0 Å². The van der Waals surface area contributed by atoms with E-state index < -0.39 is 23.9 Å². The lowest BCUT2D eigenvalue weighted by molar-refractivity contribution is -0.129. The summed E-state index contributed by atoms with van der Waals surface area (Å²) < 4.78 is 5.20. The van der Waals surface area contributed by atoms with Gasteiger partial charge in [-0.3, -0.25) is 14.4 Å². The van der Waals surface area contributed by atoms with Crippen LogP contribution in [-0.4, -0.2) is 35.8 Å². The second kappa shape index (κ2) is 7.33. The van der Waals surface area contributed by atoms with Crippen molar-refractivity contribution in [2.45, 2.75) is 31.9 Å². The van der Waals surface area contributed by atoms with E-state index in [0.717, 1.165) is 17.7 Å². The third-order valence-electron chi connectivity index (χ3n) is 4.79. The van der Waals surface area contributed by atoms with Crippen molar-refractivity contribution in [2.75, 3.05) is 4.90 Å². The highest BCUT2D eigenvalue weighted by atomic mass is 35.5. The van der Waals surface area contributed by atoms with E-state index >= 15 is 0 Å². The van der Waals surface area contributed by atoms with Gasteiger partial charge in [0.05, 0.1) is 27.4 Å². The second-order valence-electron chi connectivity index (χ2n) is 6.99. The Bertz CT molecular complexity index is 1050. The van der Waals surface area contributed by atoms with E-state index in [1.165, 1.54) is 25.1 Å². The first-order chi connectivity index (χ1) is 13.9. The van der Waals surface area contributed by atoms with Crippen LogP contribution in [0.3, 0.4) is 0 Å². The number of para-hydroxylation sites is 1. The molecule has 4 rings (SSSR count). The molecule has 1 atom stereocenters. The first-order valence-electron chi connectivity index (χ1n) is 9.15. The van der Waals surface area contributed by atoms with Crippen LogP contribution in [0.5, 0.6) is 0 Å². The molecule has 29 heavy (non-hydrogen) atoms. The van der Waals surface area contributed by atoms with E-state index in [1.807, 2.05) is 0 Å². The summed E-state index contributed by atoms with van der Waals surface area (Å²) in [5.41, 5.74) is 0.609. The van der Waals surface area contributed by atoms with E-state index in [9.17, 15) is 19.2 Å². The maximum atomic E-state index is 12.8. The first kappa shape index (κ1) is 19.1. The van der Waals surface area contributed by atoms with Crippen LogP contribution in [-0.2, 0) is 9.53 Å². The van der Waals surface area contributed by atoms with Gasteiger partial charge in [-0.2, -0.15) is 0 Å². The number of ether oxygens (including phenoxy) is 1. The van der Waals surface area contributed by atoms with E-state index in [1.54, 1.807) is 24.3 Å². The zero-order valence-corrected chi connectivity index (χ0v) is 16.2. The fourth-order valence-electron chi connectivity index (χ4n) is 3.05. The molecule has 1 aliphatic heterocycles. The first-order valence-corrected chi connectivity index (χ1v) is 9.53. The van der Waals surface area contributed by atoms with E-state index in [0.29, 0.717) is 0 Å². The van der Waals surface area contributed by atoms with Crippen molar-refractivity contribution < 1.29 is 23.9 Å². The monoisotopic (exact) mass is 412 g/mol. The van der Waals surface area contributed by atoms with E-state index in [2.05, 4.69) is 5.32 Å². The molecular weight excluding hydrogens is 396 g/mol. The molecular formula is C21H17ClN2O5. The van der Waals surface area contributed by atoms with Gasteiger partial charge in [0.15, 0.2) is 6.10 Å². The number of imide groups is 1. The van der Waals surface area contributed by atoms with Crippen molar-refractivity contribution in [3.8, 4) is 0 Å². The quantitative estimate of drug-likeness (QED) is 0.602. The molecule has 1 heterocycles. The Hall–Kier alpha value is -3.19. The molecule has 3 amide bonds. The number of anilines is 1. The summed E-state index contributed by atoms with van der Waals surface area (Å²) in [6.07, 6.45) is 0.887. The summed E-state index contributed by atoms with van der Waals surface area (Å²) >= 11 is 6.13. The van der Waals surface area contributed by atoms with Gasteiger partial charge in [-0.1, -0.05) is 23.7 Å². The summed E-state index contributed by atoms with van der Waals surface area (Å²) in [7, 11) is 0. The number of benzene rings is 2. The molecule has 8 heteroatoms. The Morgan fingerprint density at radius 1 is 1.10 bits per heavy atom. The minimum Gasteiger partial charge on any atom is -0.449 e. The molecule has 2 aliphatic rings. The van der Waals surface area contributed by atoms with Crippen molar-refractivity contribution in [1.82, 2.24) is 5.32 Å². The summed E-state index contributed by atoms with van der Waals surface area (Å²) in [5.74, 6) is -2.21. The average Bonchev–Trinajstić information content (AvgIpc) is 3.48. The Kier molecular flexibility index (Phi) is 4.84. The third-order valence-corrected chi connectivity index (χ3v) is 5.11. The number of hydrogen-bond acceptors (Lipinski definition) is 5. The smallest absolute Gasteiger partial charge is 0.338 e. The Labute approximate surface area is 171 Å². The van der Waals surface area contributed by atoms with E-state index in [-0.39, 0.29) is 39.3 Å². The average molecular weight is 413 g/mol. The van der Waals surface area contributed by atoms with Gasteiger partial charge in [-0.25, -0.2) is 9.69 Å². The molecule has 1 N–H and O–H groups in total. The summed E-state index contributed by atoms with van der Waals surface area (Å²) in [6.45, 7) is 1.48. The zero-order chi connectivity index (χ0) is 20.7. The number of hydrogen-bond donors (Lipinski definition) is 1. The van der Waals surface area contributed by atoms with Crippen molar-refractivity contribution in [3.05, 3.63) is 64.2 Å². The van der Waals surface area contributed by atoms with Gasteiger partial charge < -0.3 is 10.1 Å². The van der Waals surface area contributed by atoms with Gasteiger partial charge in [-0.05, 0) is 50.1 Å². The lowest BCUT2D eigenvalue weighted by Crippen LogP contribution is -2.37. The van der Waals surface area contributed by atoms with Crippen LogP contribution in [0.25, 0.3) is 0 Å². The normalized spacial score (nSPS) is 16.4. The number of halogens is 1. The molecule has 0 aromatic heterocycles. The Morgan fingerprint density at radius 3 is 2.48 bits per heavy atom. The molecule has 0 unspecified atom stereocenters. The van der Waals surface area contributed by atoms with Gasteiger partial charge in [-0.15, -0.1) is 0 Å². The van der Waals surface area contributed by atoms with Crippen LogP contribution in [0.4, 0.5) is 5.69 Å². The number of carbonyl (C=O) groups excluding carboxylic acids is 4. The van der Waals surface area contributed by atoms with Crippen molar-refractivity contribution >= 4 is 41.0 Å². The predicted molar refractivity (Wildman–Crippen MR) is 105 cm³/mol. The number of fused-ring (bicyclic) bond motifs is 1. The summed E-state index contributed by atoms with van der Waals surface area (Å²) in [4.78, 5) is 50.9. The van der Waals surface area contributed by atoms with Gasteiger partial charge in [0.2, 0.25) is 0 Å². The molecule has 1 fully saturated rings. The van der Waals surface area contributed by atoms with Crippen molar-refractivity contribution in [3.63, 3.8) is 0 Å². The second-order valence-corrected chi connectivity index (χ2v) is 7.40. The lowest BCUT2D eigenvalue weighted by Gasteiger charge is -2.15. The largest absolute Gasteiger partial charge is 0.449 e. The number of carbonyl (C=O) groups is 4. The zero-order valence-electron chi connectivity index (χ0n) is 15.5. The molecule has 1 saturated carbocycles. The highest BCUT2D eigenvalue weighted by Crippen LogP contribution is 2.33. The SMILES string of the molecule is C[C@H](OC(=O)c1ccc2c(c1)C(=O)N(c1ccccc1Cl)C2=O)C(=O)NC1CC1. The van der Waals surface area contributed by atoms with Gasteiger partial charge in [0, 0.05) is 6.04 Å². The molecule has 0 radical (unpaired) electrons. The minimum atomic E-state index is -0.965. The van der Waals surface area contributed by atoms with Gasteiger partial charge in [0.1, 0.15) is 0 Å². The molecule has 1 aliphatic carbocycles. The number of rotatable bonds is 5. The maximum absolute atomic E-state index is 12.8. The van der Waals surface area contributed by atoms with Crippen LogP contribution in [0.15, 0.2) is 42.5 Å². The van der Waals surface area contributed by atoms with Crippen LogP contribution in [0.2, 0.25) is 5.02 Å². The third kappa shape index (κ3) is 3.61. The van der Waals surface area contributed by atoms with Gasteiger partial charge >= 0.3 is 5.97 Å². The molecule has 0 bridgehead atoms. The minimum absolute atomic E-state index is 0.0805. The number of nitrogens with one attached hydrogen (secondary N) is 1. The number of amides is 3. The van der Waals surface area contributed by atoms with Crippen LogP contribution >= 0.6 is 11.6 Å². The number of esters is 1. The maximum Gasteiger partial charge on any atom is 0.338 e. The predicted octanol–water partition coefficient (Wildman–Crippen LogP) is 2.96. The van der Waals surface area contributed by atoms with E-state index in [4.69, 9.17) is 16.3 Å². The topological polar surface area (TPSA) is 92.8 Å². The Balaban J connectivity index is 1.55. The molecule has 7 nitrogen and oxygen atoms in total. The standard InChI is InChI=1S/C21H17ClN2O5/c1-11(18(25)23-13-7-8-13)29-21(28)12-6-9-14-15(10-12)20(27)24(19(14)26)17-5-3-2-4-16(17)22/h2-6,9-11,13H,7-8H2,1H3,(H,23,25)/t11-/m0/s1. The molecule has 0 spiro atoms. The molecule has 2 aromatic rings. The highest BCUT2D eigenvalue weighted by Gasteiger charge is 2.38. The number of nitrogens with zero attached hydrogens (tertiary/aromatic N) is 1. The fraction of sp³-hybridized carbons (Fsp3) is 0.238. The van der Waals surface area contributed by atoms with Crippen molar-refractivity contribution in [2.24, 2.45) is 0 Å².